The van der Waals surface area contributed by atoms with Gasteiger partial charge in [-0.2, -0.15) is 0 Å². The minimum Gasteiger partial charge on any atom is -0.326 e. The van der Waals surface area contributed by atoms with Crippen molar-refractivity contribution in [2.24, 2.45) is 5.73 Å². The van der Waals surface area contributed by atoms with Gasteiger partial charge in [0.1, 0.15) is 0 Å². The molecule has 0 aromatic carbocycles. The second-order valence-electron chi connectivity index (χ2n) is 6.55. The number of hydrogen-bond acceptors (Lipinski definition) is 2. The first kappa shape index (κ1) is 18.3. The molecule has 1 aliphatic rings. The summed E-state index contributed by atoms with van der Waals surface area (Å²) in [6.07, 6.45) is 15.8. The number of hydrogen-bond donors (Lipinski definition) is 2. The van der Waals surface area contributed by atoms with Crippen LogP contribution in [-0.4, -0.2) is 24.0 Å². The van der Waals surface area contributed by atoms with E-state index in [4.69, 9.17) is 17.3 Å². The fourth-order valence-electron chi connectivity index (χ4n) is 3.13. The Kier molecular flexibility index (Phi) is 10.8. The lowest BCUT2D eigenvalue weighted by Gasteiger charge is -2.15. The van der Waals surface area contributed by atoms with Crippen molar-refractivity contribution in [2.45, 2.75) is 101 Å². The van der Waals surface area contributed by atoms with Crippen LogP contribution in [-0.2, 0) is 0 Å². The van der Waals surface area contributed by atoms with Crippen LogP contribution in [0.4, 0.5) is 0 Å². The Balaban J connectivity index is 1.83. The third-order valence-electron chi connectivity index (χ3n) is 4.42. The SMILES string of the molecule is CCCCCCCCCCCC(Cl)CC1CC(N)CN1. The highest BCUT2D eigenvalue weighted by molar-refractivity contribution is 6.20. The van der Waals surface area contributed by atoms with Crippen LogP contribution in [0.2, 0.25) is 0 Å². The number of halogens is 1. The molecule has 0 spiro atoms. The van der Waals surface area contributed by atoms with Crippen molar-refractivity contribution in [1.82, 2.24) is 5.32 Å². The smallest absolute Gasteiger partial charge is 0.0350 e. The van der Waals surface area contributed by atoms with E-state index >= 15 is 0 Å². The van der Waals surface area contributed by atoms with Gasteiger partial charge in [0, 0.05) is 24.0 Å². The van der Waals surface area contributed by atoms with Gasteiger partial charge in [-0.1, -0.05) is 64.7 Å². The molecule has 3 heteroatoms. The van der Waals surface area contributed by atoms with E-state index in [0.29, 0.717) is 17.5 Å². The normalized spacial score (nSPS) is 24.1. The molecule has 0 bridgehead atoms. The third-order valence-corrected chi connectivity index (χ3v) is 4.81. The van der Waals surface area contributed by atoms with Crippen LogP contribution in [0, 0.1) is 0 Å². The topological polar surface area (TPSA) is 38.0 Å². The molecule has 3 unspecified atom stereocenters. The monoisotopic (exact) mass is 302 g/mol. The van der Waals surface area contributed by atoms with E-state index in [1.54, 1.807) is 0 Å². The molecular formula is C17H35ClN2. The minimum atomic E-state index is 0.336. The number of nitrogens with two attached hydrogens (primary N) is 1. The van der Waals surface area contributed by atoms with Crippen LogP contribution in [0.15, 0.2) is 0 Å². The van der Waals surface area contributed by atoms with E-state index in [1.165, 1.54) is 64.2 Å². The van der Waals surface area contributed by atoms with Crippen molar-refractivity contribution >= 4 is 11.6 Å². The van der Waals surface area contributed by atoms with Gasteiger partial charge in [-0.25, -0.2) is 0 Å². The largest absolute Gasteiger partial charge is 0.326 e. The third kappa shape index (κ3) is 9.20. The zero-order valence-electron chi connectivity index (χ0n) is 13.4. The van der Waals surface area contributed by atoms with Gasteiger partial charge in [0.05, 0.1) is 0 Å². The molecular weight excluding hydrogens is 268 g/mol. The summed E-state index contributed by atoms with van der Waals surface area (Å²) >= 11 is 6.43. The molecule has 0 aromatic rings. The summed E-state index contributed by atoms with van der Waals surface area (Å²) in [5.74, 6) is 0. The van der Waals surface area contributed by atoms with Gasteiger partial charge < -0.3 is 11.1 Å². The highest BCUT2D eigenvalue weighted by Crippen LogP contribution is 2.19. The first-order valence-electron chi connectivity index (χ1n) is 8.85. The fourth-order valence-corrected chi connectivity index (χ4v) is 3.50. The summed E-state index contributed by atoms with van der Waals surface area (Å²) in [5.41, 5.74) is 5.89. The van der Waals surface area contributed by atoms with Gasteiger partial charge in [0.15, 0.2) is 0 Å². The van der Waals surface area contributed by atoms with Crippen LogP contribution in [0.25, 0.3) is 0 Å². The Labute approximate surface area is 131 Å². The lowest BCUT2D eigenvalue weighted by molar-refractivity contribution is 0.500. The molecule has 2 nitrogen and oxygen atoms in total. The first-order valence-corrected chi connectivity index (χ1v) is 9.29. The summed E-state index contributed by atoms with van der Waals surface area (Å²) in [6.45, 7) is 3.24. The second kappa shape index (κ2) is 11.8. The molecule has 0 saturated carbocycles. The molecule has 3 N–H and O–H groups in total. The molecule has 0 radical (unpaired) electrons. The second-order valence-corrected chi connectivity index (χ2v) is 7.17. The van der Waals surface area contributed by atoms with Crippen molar-refractivity contribution in [3.05, 3.63) is 0 Å². The number of alkyl halides is 1. The summed E-state index contributed by atoms with van der Waals surface area (Å²) in [7, 11) is 0. The molecule has 0 aliphatic carbocycles. The zero-order valence-corrected chi connectivity index (χ0v) is 14.1. The summed E-state index contributed by atoms with van der Waals surface area (Å²) in [6, 6.07) is 0.905. The molecule has 1 rings (SSSR count). The van der Waals surface area contributed by atoms with Gasteiger partial charge in [-0.05, 0) is 19.3 Å². The predicted molar refractivity (Wildman–Crippen MR) is 90.5 cm³/mol. The fraction of sp³-hybridized carbons (Fsp3) is 1.00. The first-order chi connectivity index (χ1) is 9.72. The van der Waals surface area contributed by atoms with Gasteiger partial charge in [-0.3, -0.25) is 0 Å². The average Bonchev–Trinajstić information content (AvgIpc) is 2.82. The molecule has 0 aromatic heterocycles. The molecule has 0 amide bonds. The van der Waals surface area contributed by atoms with Crippen LogP contribution in [0.5, 0.6) is 0 Å². The molecule has 1 heterocycles. The van der Waals surface area contributed by atoms with E-state index in [0.717, 1.165) is 19.4 Å². The summed E-state index contributed by atoms with van der Waals surface area (Å²) < 4.78 is 0. The van der Waals surface area contributed by atoms with Gasteiger partial charge in [0.25, 0.3) is 0 Å². The molecule has 20 heavy (non-hydrogen) atoms. The zero-order chi connectivity index (χ0) is 14.6. The average molecular weight is 303 g/mol. The Morgan fingerprint density at radius 1 is 1.05 bits per heavy atom. The van der Waals surface area contributed by atoms with E-state index in [1.807, 2.05) is 0 Å². The quantitative estimate of drug-likeness (QED) is 0.408. The standard InChI is InChI=1S/C17H35ClN2/c1-2-3-4-5-6-7-8-9-10-11-15(18)12-17-13-16(19)14-20-17/h15-17,20H,2-14,19H2,1H3. The summed E-state index contributed by atoms with van der Waals surface area (Å²) in [4.78, 5) is 0. The minimum absolute atomic E-state index is 0.336. The van der Waals surface area contributed by atoms with Crippen molar-refractivity contribution in [3.63, 3.8) is 0 Å². The van der Waals surface area contributed by atoms with E-state index in [2.05, 4.69) is 12.2 Å². The highest BCUT2D eigenvalue weighted by Gasteiger charge is 2.22. The van der Waals surface area contributed by atoms with Crippen molar-refractivity contribution in [1.29, 1.82) is 0 Å². The lowest BCUT2D eigenvalue weighted by atomic mass is 10.0. The molecule has 1 fully saturated rings. The van der Waals surface area contributed by atoms with Crippen LogP contribution in [0.1, 0.15) is 84.0 Å². The Morgan fingerprint density at radius 2 is 1.65 bits per heavy atom. The van der Waals surface area contributed by atoms with Crippen molar-refractivity contribution in [2.75, 3.05) is 6.54 Å². The molecule has 1 aliphatic heterocycles. The Bertz CT molecular complexity index is 223. The van der Waals surface area contributed by atoms with E-state index in [9.17, 15) is 0 Å². The lowest BCUT2D eigenvalue weighted by Crippen LogP contribution is -2.25. The number of nitrogens with one attached hydrogen (secondary N) is 1. The maximum atomic E-state index is 6.43. The van der Waals surface area contributed by atoms with Gasteiger partial charge >= 0.3 is 0 Å². The van der Waals surface area contributed by atoms with Crippen molar-refractivity contribution in [3.8, 4) is 0 Å². The van der Waals surface area contributed by atoms with Gasteiger partial charge in [0.2, 0.25) is 0 Å². The highest BCUT2D eigenvalue weighted by atomic mass is 35.5. The summed E-state index contributed by atoms with van der Waals surface area (Å²) in [5, 5.41) is 3.80. The maximum Gasteiger partial charge on any atom is 0.0350 e. The number of rotatable bonds is 12. The van der Waals surface area contributed by atoms with Crippen LogP contribution >= 0.6 is 11.6 Å². The van der Waals surface area contributed by atoms with E-state index < -0.39 is 0 Å². The number of unbranched alkanes of at least 4 members (excludes halogenated alkanes) is 8. The van der Waals surface area contributed by atoms with Crippen LogP contribution < -0.4 is 11.1 Å². The predicted octanol–water partition coefficient (Wildman–Crippen LogP) is 4.59. The molecule has 3 atom stereocenters. The van der Waals surface area contributed by atoms with Gasteiger partial charge in [-0.15, -0.1) is 11.6 Å². The Hall–Kier alpha value is 0.210. The van der Waals surface area contributed by atoms with Crippen molar-refractivity contribution < 1.29 is 0 Å². The van der Waals surface area contributed by atoms with E-state index in [-0.39, 0.29) is 0 Å². The molecule has 1 saturated heterocycles. The maximum absolute atomic E-state index is 6.43. The Morgan fingerprint density at radius 3 is 2.20 bits per heavy atom. The van der Waals surface area contributed by atoms with Crippen LogP contribution in [0.3, 0.4) is 0 Å². The molecule has 120 valence electrons.